The van der Waals surface area contributed by atoms with Gasteiger partial charge in [0.2, 0.25) is 0 Å². The normalized spacial score (nSPS) is 13.5. The molecule has 0 rings (SSSR count). The Balaban J connectivity index is 3.15. The topological polar surface area (TPSA) is 0 Å². The monoisotopic (exact) mass is 261 g/mol. The molecule has 14 heavy (non-hydrogen) atoms. The van der Waals surface area contributed by atoms with E-state index in [9.17, 15) is 0 Å². The molecule has 0 fully saturated rings. The number of hydrogen-bond donors (Lipinski definition) is 0. The molecule has 1 atom stereocenters. The largest absolute Gasteiger partial charge is 0.0925 e. The zero-order valence-electron chi connectivity index (χ0n) is 10.1. The molecular formula is C13H26Br. The first-order valence-corrected chi connectivity index (χ1v) is 7.16. The smallest absolute Gasteiger partial charge is 0.00626 e. The molecule has 0 N–H and O–H groups in total. The van der Waals surface area contributed by atoms with E-state index >= 15 is 0 Å². The van der Waals surface area contributed by atoms with E-state index < -0.39 is 0 Å². The summed E-state index contributed by atoms with van der Waals surface area (Å²) in [5.74, 6) is 1.81. The fraction of sp³-hybridized carbons (Fsp3) is 0.923. The molecule has 0 spiro atoms. The zero-order chi connectivity index (χ0) is 10.8. The lowest BCUT2D eigenvalue weighted by Crippen LogP contribution is -1.97. The Morgan fingerprint density at radius 3 is 2.21 bits per heavy atom. The van der Waals surface area contributed by atoms with Crippen LogP contribution in [0.1, 0.15) is 59.3 Å². The van der Waals surface area contributed by atoms with Crippen LogP contribution >= 0.6 is 15.9 Å². The highest BCUT2D eigenvalue weighted by atomic mass is 79.9. The van der Waals surface area contributed by atoms with Gasteiger partial charge < -0.3 is 0 Å². The third-order valence-electron chi connectivity index (χ3n) is 2.69. The van der Waals surface area contributed by atoms with Crippen LogP contribution in [-0.4, -0.2) is 5.33 Å². The van der Waals surface area contributed by atoms with Crippen molar-refractivity contribution in [2.45, 2.75) is 59.3 Å². The zero-order valence-corrected chi connectivity index (χ0v) is 11.6. The minimum Gasteiger partial charge on any atom is -0.0925 e. The maximum absolute atomic E-state index is 3.42. The van der Waals surface area contributed by atoms with Gasteiger partial charge in [-0.05, 0) is 24.7 Å². The Bertz CT molecular complexity index is 110. The summed E-state index contributed by atoms with van der Waals surface area (Å²) in [6, 6.07) is 0. The van der Waals surface area contributed by atoms with E-state index in [4.69, 9.17) is 0 Å². The maximum Gasteiger partial charge on any atom is 0.00626 e. The first-order chi connectivity index (χ1) is 6.66. The van der Waals surface area contributed by atoms with Gasteiger partial charge in [-0.3, -0.25) is 0 Å². The predicted octanol–water partition coefficient (Wildman–Crippen LogP) is 5.22. The SMILES string of the molecule is CC(C)CCCC(C)CCC[CH]CBr. The number of hydrogen-bond acceptors (Lipinski definition) is 0. The van der Waals surface area contributed by atoms with Crippen LogP contribution < -0.4 is 0 Å². The van der Waals surface area contributed by atoms with Crippen LogP contribution in [0.15, 0.2) is 0 Å². The molecule has 0 aromatic heterocycles. The summed E-state index contributed by atoms with van der Waals surface area (Å²) >= 11 is 3.42. The highest BCUT2D eigenvalue weighted by molar-refractivity contribution is 9.09. The number of halogens is 1. The quantitative estimate of drug-likeness (QED) is 0.395. The lowest BCUT2D eigenvalue weighted by Gasteiger charge is -2.11. The van der Waals surface area contributed by atoms with Crippen molar-refractivity contribution in [2.75, 3.05) is 5.33 Å². The van der Waals surface area contributed by atoms with Gasteiger partial charge in [0.15, 0.2) is 0 Å². The van der Waals surface area contributed by atoms with Crippen LogP contribution in [0.4, 0.5) is 0 Å². The Kier molecular flexibility index (Phi) is 10.4. The van der Waals surface area contributed by atoms with Gasteiger partial charge >= 0.3 is 0 Å². The van der Waals surface area contributed by atoms with Gasteiger partial charge in [-0.25, -0.2) is 0 Å². The number of rotatable bonds is 9. The van der Waals surface area contributed by atoms with Gasteiger partial charge in [-0.15, -0.1) is 0 Å². The molecule has 0 aliphatic carbocycles. The molecule has 1 radical (unpaired) electrons. The number of unbranched alkanes of at least 4 members (excludes halogenated alkanes) is 2. The molecule has 0 nitrogen and oxygen atoms in total. The van der Waals surface area contributed by atoms with Crippen molar-refractivity contribution < 1.29 is 0 Å². The van der Waals surface area contributed by atoms with Crippen molar-refractivity contribution in [2.24, 2.45) is 11.8 Å². The first-order valence-electron chi connectivity index (χ1n) is 6.04. The van der Waals surface area contributed by atoms with Crippen LogP contribution in [0.25, 0.3) is 0 Å². The Hall–Kier alpha value is 0.480. The van der Waals surface area contributed by atoms with Crippen molar-refractivity contribution in [3.05, 3.63) is 6.42 Å². The van der Waals surface area contributed by atoms with Crippen LogP contribution in [-0.2, 0) is 0 Å². The molecule has 0 aromatic carbocycles. The summed E-state index contributed by atoms with van der Waals surface area (Å²) in [6.07, 6.45) is 10.6. The molecule has 0 aliphatic rings. The summed E-state index contributed by atoms with van der Waals surface area (Å²) in [5.41, 5.74) is 0. The maximum atomic E-state index is 3.42. The number of alkyl halides is 1. The van der Waals surface area contributed by atoms with Gasteiger partial charge in [0.25, 0.3) is 0 Å². The minimum atomic E-state index is 0.879. The molecule has 0 heterocycles. The average Bonchev–Trinajstić information content (AvgIpc) is 2.12. The predicted molar refractivity (Wildman–Crippen MR) is 69.8 cm³/mol. The van der Waals surface area contributed by atoms with E-state index in [1.54, 1.807) is 0 Å². The second kappa shape index (κ2) is 10.0. The van der Waals surface area contributed by atoms with Gasteiger partial charge in [0.05, 0.1) is 0 Å². The molecule has 1 unspecified atom stereocenters. The lowest BCUT2D eigenvalue weighted by molar-refractivity contribution is 0.427. The molecule has 0 bridgehead atoms. The molecule has 85 valence electrons. The average molecular weight is 262 g/mol. The second-order valence-corrected chi connectivity index (χ2v) is 5.45. The standard InChI is InChI=1S/C13H26Br/c1-12(2)8-7-10-13(3)9-5-4-6-11-14/h6,12-13H,4-5,7-11H2,1-3H3. The third kappa shape index (κ3) is 10.6. The fourth-order valence-electron chi connectivity index (χ4n) is 1.71. The van der Waals surface area contributed by atoms with Crippen molar-refractivity contribution in [1.29, 1.82) is 0 Å². The van der Waals surface area contributed by atoms with Gasteiger partial charge in [0.1, 0.15) is 0 Å². The summed E-state index contributed by atoms with van der Waals surface area (Å²) in [5, 5.41) is 1.05. The molecule has 0 saturated heterocycles. The first kappa shape index (κ1) is 14.5. The summed E-state index contributed by atoms with van der Waals surface area (Å²) in [4.78, 5) is 0. The van der Waals surface area contributed by atoms with E-state index in [0.29, 0.717) is 0 Å². The van der Waals surface area contributed by atoms with Crippen LogP contribution in [0.5, 0.6) is 0 Å². The molecule has 0 aromatic rings. The van der Waals surface area contributed by atoms with E-state index in [1.807, 2.05) is 0 Å². The van der Waals surface area contributed by atoms with Crippen LogP contribution in [0.3, 0.4) is 0 Å². The van der Waals surface area contributed by atoms with Crippen molar-refractivity contribution in [1.82, 2.24) is 0 Å². The van der Waals surface area contributed by atoms with Gasteiger partial charge in [0, 0.05) is 5.33 Å². The molecule has 1 heteroatoms. The van der Waals surface area contributed by atoms with Crippen LogP contribution in [0.2, 0.25) is 0 Å². The van der Waals surface area contributed by atoms with E-state index in [2.05, 4.69) is 43.1 Å². The highest BCUT2D eigenvalue weighted by Crippen LogP contribution is 2.17. The highest BCUT2D eigenvalue weighted by Gasteiger charge is 2.02. The molecule has 0 aliphatic heterocycles. The minimum absolute atomic E-state index is 0.879. The van der Waals surface area contributed by atoms with E-state index in [0.717, 1.165) is 17.2 Å². The Morgan fingerprint density at radius 1 is 1.00 bits per heavy atom. The summed E-state index contributed by atoms with van der Waals surface area (Å²) in [7, 11) is 0. The van der Waals surface area contributed by atoms with Crippen molar-refractivity contribution in [3.8, 4) is 0 Å². The van der Waals surface area contributed by atoms with Crippen molar-refractivity contribution in [3.63, 3.8) is 0 Å². The van der Waals surface area contributed by atoms with Gasteiger partial charge in [-0.1, -0.05) is 68.8 Å². The van der Waals surface area contributed by atoms with Crippen molar-refractivity contribution >= 4 is 15.9 Å². The summed E-state index contributed by atoms with van der Waals surface area (Å²) in [6.45, 7) is 7.03. The molecule has 0 amide bonds. The third-order valence-corrected chi connectivity index (χ3v) is 3.15. The second-order valence-electron chi connectivity index (χ2n) is 4.80. The van der Waals surface area contributed by atoms with E-state index in [1.165, 1.54) is 38.5 Å². The summed E-state index contributed by atoms with van der Waals surface area (Å²) < 4.78 is 0. The van der Waals surface area contributed by atoms with E-state index in [-0.39, 0.29) is 0 Å². The Labute approximate surface area is 99.0 Å². The molecule has 0 saturated carbocycles. The lowest BCUT2D eigenvalue weighted by atomic mass is 9.95. The fourth-order valence-corrected chi connectivity index (χ4v) is 2.03. The molecular weight excluding hydrogens is 236 g/mol. The Morgan fingerprint density at radius 2 is 1.64 bits per heavy atom. The van der Waals surface area contributed by atoms with Gasteiger partial charge in [-0.2, -0.15) is 0 Å². The van der Waals surface area contributed by atoms with Crippen LogP contribution in [0, 0.1) is 18.3 Å².